The molecule has 0 bridgehead atoms. The lowest BCUT2D eigenvalue weighted by Gasteiger charge is -2.11. The zero-order chi connectivity index (χ0) is 48.0. The van der Waals surface area contributed by atoms with E-state index in [2.05, 4.69) is 61.4 Å². The number of nitrogens with one attached hydrogen (secondary N) is 4. The lowest BCUT2D eigenvalue weighted by atomic mass is 10.0. The van der Waals surface area contributed by atoms with Gasteiger partial charge in [0, 0.05) is 99.1 Å². The highest BCUT2D eigenvalue weighted by molar-refractivity contribution is 6.01. The number of nitrogens with zero attached hydrogens (tertiary/aromatic N) is 10. The van der Waals surface area contributed by atoms with Gasteiger partial charge in [-0.2, -0.15) is 10.2 Å². The quantitative estimate of drug-likeness (QED) is 0.107. The number of fused-ring (bicyclic) bond motifs is 2. The van der Waals surface area contributed by atoms with E-state index in [9.17, 15) is 19.2 Å². The third kappa shape index (κ3) is 9.10. The molecule has 4 atom stereocenters. The van der Waals surface area contributed by atoms with Crippen molar-refractivity contribution in [3.8, 4) is 22.5 Å². The van der Waals surface area contributed by atoms with E-state index in [0.717, 1.165) is 57.0 Å². The molecule has 2 fully saturated rings. The van der Waals surface area contributed by atoms with Crippen LogP contribution in [0.2, 0.25) is 0 Å². The maximum absolute atomic E-state index is 12.8. The number of anilines is 4. The largest absolute Gasteiger partial charge is 0.383 e. The van der Waals surface area contributed by atoms with Gasteiger partial charge >= 0.3 is 0 Å². The Morgan fingerprint density at radius 2 is 0.985 bits per heavy atom. The Hall–Kier alpha value is -8.68. The Morgan fingerprint density at radius 3 is 1.34 bits per heavy atom. The van der Waals surface area contributed by atoms with Crippen molar-refractivity contribution in [1.82, 2.24) is 60.1 Å². The zero-order valence-electron chi connectivity index (χ0n) is 38.1. The molecule has 2 saturated carbocycles. The summed E-state index contributed by atoms with van der Waals surface area (Å²) < 4.78 is 3.49. The Bertz CT molecular complexity index is 3110. The standard InChI is InChI=1S/2C24H24N8O2/c2*1-12-4-20(24(34)26-2)27-9-17(12)19-5-13-6-21(28-10-18(13)22(25)30-19)31-23(33)16-7-15(16)14-8-29-32(3)11-14/h2*4-6,8-11,15-16H,7H2,1-3H3,(H2,25,30)(H,26,34)(H,28,31,33)/t2*15-,16+/m10/s1. The normalized spacial score (nSPS) is 16.9. The second kappa shape index (κ2) is 17.9. The Balaban J connectivity index is 0.000000170. The highest BCUT2D eigenvalue weighted by Crippen LogP contribution is 2.49. The molecule has 0 saturated heterocycles. The molecular weight excluding hydrogens is 865 g/mol. The monoisotopic (exact) mass is 912 g/mol. The average molecular weight is 913 g/mol. The maximum Gasteiger partial charge on any atom is 0.269 e. The topological polar surface area (TPSA) is 281 Å². The summed E-state index contributed by atoms with van der Waals surface area (Å²) in [5.41, 5.74) is 19.7. The lowest BCUT2D eigenvalue weighted by Crippen LogP contribution is -2.19. The smallest absolute Gasteiger partial charge is 0.269 e. The van der Waals surface area contributed by atoms with Gasteiger partial charge in [0.15, 0.2) is 0 Å². The van der Waals surface area contributed by atoms with E-state index < -0.39 is 0 Å². The van der Waals surface area contributed by atoms with Crippen LogP contribution in [0.1, 0.15) is 67.9 Å². The van der Waals surface area contributed by atoms with Crippen LogP contribution in [0.3, 0.4) is 0 Å². The van der Waals surface area contributed by atoms with Crippen LogP contribution in [0.4, 0.5) is 23.3 Å². The molecule has 68 heavy (non-hydrogen) atoms. The van der Waals surface area contributed by atoms with Crippen LogP contribution in [0.25, 0.3) is 44.1 Å². The summed E-state index contributed by atoms with van der Waals surface area (Å²) in [6.07, 6.45) is 15.6. The Labute approximate surface area is 389 Å². The first kappa shape index (κ1) is 44.5. The first-order valence-corrected chi connectivity index (χ1v) is 21.8. The minimum Gasteiger partial charge on any atom is -0.383 e. The Kier molecular flexibility index (Phi) is 11.8. The van der Waals surface area contributed by atoms with Crippen LogP contribution in [0, 0.1) is 25.7 Å². The second-order valence-electron chi connectivity index (χ2n) is 17.1. The molecule has 8 aromatic heterocycles. The molecule has 344 valence electrons. The number of pyridine rings is 6. The molecule has 0 unspecified atom stereocenters. The van der Waals surface area contributed by atoms with Gasteiger partial charge in [0.05, 0.1) is 23.8 Å². The molecule has 0 aromatic carbocycles. The molecule has 20 heteroatoms. The number of carbonyl (C=O) groups excluding carboxylic acids is 4. The number of aromatic nitrogens is 10. The molecular formula is C48H48N16O4. The van der Waals surface area contributed by atoms with Gasteiger partial charge in [-0.05, 0) is 108 Å². The van der Waals surface area contributed by atoms with E-state index in [1.54, 1.807) is 72.5 Å². The molecule has 0 aliphatic heterocycles. The van der Waals surface area contributed by atoms with Crippen LogP contribution < -0.4 is 32.7 Å². The fourth-order valence-electron chi connectivity index (χ4n) is 8.32. The van der Waals surface area contributed by atoms with Crippen molar-refractivity contribution in [1.29, 1.82) is 0 Å². The van der Waals surface area contributed by atoms with Gasteiger partial charge < -0.3 is 32.7 Å². The summed E-state index contributed by atoms with van der Waals surface area (Å²) in [6.45, 7) is 3.77. The van der Waals surface area contributed by atoms with Crippen LogP contribution in [0.15, 0.2) is 86.0 Å². The molecule has 0 spiro atoms. The SMILES string of the molecule is CNC(=O)c1cc(C)c(-c2cc3cc(NC(=O)[C@@H]4C[C@H]4c4cnn(C)c4)ncc3c(N)n2)cn1.CNC(=O)c1cc(C)c(-c2cc3cc(NC(=O)[C@H]4C[C@@H]4c4cnn(C)c4)ncc3c(N)n2)cn1. The number of hydrogen-bond acceptors (Lipinski definition) is 14. The van der Waals surface area contributed by atoms with Gasteiger partial charge in [-0.1, -0.05) is 0 Å². The number of aryl methyl sites for hydroxylation is 4. The molecule has 8 N–H and O–H groups in total. The van der Waals surface area contributed by atoms with Gasteiger partial charge in [-0.3, -0.25) is 38.5 Å². The number of amides is 4. The zero-order valence-corrected chi connectivity index (χ0v) is 38.1. The summed E-state index contributed by atoms with van der Waals surface area (Å²) in [6, 6.07) is 10.8. The highest BCUT2D eigenvalue weighted by Gasteiger charge is 2.45. The van der Waals surface area contributed by atoms with Crippen LogP contribution in [-0.2, 0) is 23.7 Å². The summed E-state index contributed by atoms with van der Waals surface area (Å²) in [7, 11) is 6.85. The number of rotatable bonds is 10. The van der Waals surface area contributed by atoms with Gasteiger partial charge in [0.25, 0.3) is 11.8 Å². The minimum atomic E-state index is -0.256. The molecule has 10 rings (SSSR count). The van der Waals surface area contributed by atoms with Crippen LogP contribution in [0.5, 0.6) is 0 Å². The van der Waals surface area contributed by atoms with Gasteiger partial charge in [-0.15, -0.1) is 0 Å². The summed E-state index contributed by atoms with van der Waals surface area (Å²) >= 11 is 0. The van der Waals surface area contributed by atoms with Crippen molar-refractivity contribution in [2.24, 2.45) is 25.9 Å². The predicted octanol–water partition coefficient (Wildman–Crippen LogP) is 4.84. The van der Waals surface area contributed by atoms with E-state index >= 15 is 0 Å². The van der Waals surface area contributed by atoms with Crippen molar-refractivity contribution in [2.45, 2.75) is 38.5 Å². The second-order valence-corrected chi connectivity index (χ2v) is 17.1. The third-order valence-corrected chi connectivity index (χ3v) is 12.2. The summed E-state index contributed by atoms with van der Waals surface area (Å²) in [5, 5.41) is 22.3. The number of nitrogens with two attached hydrogens (primary N) is 2. The highest BCUT2D eigenvalue weighted by atomic mass is 16.2. The predicted molar refractivity (Wildman–Crippen MR) is 256 cm³/mol. The summed E-state index contributed by atoms with van der Waals surface area (Å²) in [4.78, 5) is 75.5. The lowest BCUT2D eigenvalue weighted by molar-refractivity contribution is -0.118. The summed E-state index contributed by atoms with van der Waals surface area (Å²) in [5.74, 6) is 1.12. The Morgan fingerprint density at radius 1 is 0.574 bits per heavy atom. The molecule has 0 radical (unpaired) electrons. The van der Waals surface area contributed by atoms with E-state index in [-0.39, 0.29) is 47.3 Å². The number of carbonyl (C=O) groups is 4. The van der Waals surface area contributed by atoms with Crippen LogP contribution in [-0.4, -0.2) is 87.2 Å². The number of hydrogen-bond donors (Lipinski definition) is 6. The fourth-order valence-corrected chi connectivity index (χ4v) is 8.32. The van der Waals surface area contributed by atoms with E-state index in [0.29, 0.717) is 56.8 Å². The van der Waals surface area contributed by atoms with Gasteiger partial charge in [0.2, 0.25) is 11.8 Å². The van der Waals surface area contributed by atoms with Crippen molar-refractivity contribution in [3.05, 3.63) is 120 Å². The van der Waals surface area contributed by atoms with Crippen molar-refractivity contribution < 1.29 is 19.2 Å². The number of nitrogen functional groups attached to an aromatic ring is 2. The first-order chi connectivity index (χ1) is 32.7. The fraction of sp³-hybridized carbons (Fsp3) is 0.250. The first-order valence-electron chi connectivity index (χ1n) is 21.8. The van der Waals surface area contributed by atoms with Crippen molar-refractivity contribution in [2.75, 3.05) is 36.2 Å². The van der Waals surface area contributed by atoms with Gasteiger partial charge in [-0.25, -0.2) is 19.9 Å². The molecule has 8 heterocycles. The van der Waals surface area contributed by atoms with Crippen LogP contribution >= 0.6 is 0 Å². The van der Waals surface area contributed by atoms with Crippen molar-refractivity contribution in [3.63, 3.8) is 0 Å². The molecule has 2 aliphatic rings. The molecule has 8 aromatic rings. The van der Waals surface area contributed by atoms with E-state index in [1.807, 2.05) is 64.9 Å². The van der Waals surface area contributed by atoms with Crippen molar-refractivity contribution >= 4 is 68.4 Å². The molecule has 4 amide bonds. The van der Waals surface area contributed by atoms with E-state index in [4.69, 9.17) is 11.5 Å². The minimum absolute atomic E-state index is 0.0622. The van der Waals surface area contributed by atoms with Gasteiger partial charge in [0.1, 0.15) is 34.7 Å². The maximum atomic E-state index is 12.8. The average Bonchev–Trinajstić information content (AvgIpc) is 4.22. The van der Waals surface area contributed by atoms with E-state index in [1.165, 1.54) is 0 Å². The third-order valence-electron chi connectivity index (χ3n) is 12.2. The molecule has 2 aliphatic carbocycles. The molecule has 20 nitrogen and oxygen atoms in total.